The van der Waals surface area contributed by atoms with Crippen LogP contribution in [0.1, 0.15) is 36.1 Å². The minimum atomic E-state index is -4.42. The Morgan fingerprint density at radius 2 is 2.12 bits per heavy atom. The lowest BCUT2D eigenvalue weighted by molar-refractivity contribution is -0.137. The molecule has 6 heteroatoms. The van der Waals surface area contributed by atoms with Crippen LogP contribution < -0.4 is 0 Å². The molecule has 1 fully saturated rings. The molecule has 1 aromatic heterocycles. The van der Waals surface area contributed by atoms with Crippen molar-refractivity contribution in [3.05, 3.63) is 16.1 Å². The van der Waals surface area contributed by atoms with Crippen LogP contribution in [0.5, 0.6) is 0 Å². The average Bonchev–Trinajstić information content (AvgIpc) is 2.92. The highest BCUT2D eigenvalue weighted by atomic mass is 32.1. The van der Waals surface area contributed by atoms with Gasteiger partial charge in [0.1, 0.15) is 5.60 Å². The SMILES string of the molecule is CCC(O)(c1cnc(C(F)(F)F)s1)C1CC1. The maximum atomic E-state index is 12.4. The average molecular weight is 251 g/mol. The molecule has 90 valence electrons. The summed E-state index contributed by atoms with van der Waals surface area (Å²) in [5, 5.41) is 9.43. The van der Waals surface area contributed by atoms with Gasteiger partial charge in [-0.3, -0.25) is 0 Å². The van der Waals surface area contributed by atoms with E-state index < -0.39 is 16.8 Å². The molecular formula is C10H12F3NOS. The summed E-state index contributed by atoms with van der Waals surface area (Å²) in [6, 6.07) is 0. The lowest BCUT2D eigenvalue weighted by atomic mass is 9.93. The third-order valence-electron chi connectivity index (χ3n) is 2.97. The third kappa shape index (κ3) is 1.96. The van der Waals surface area contributed by atoms with E-state index in [4.69, 9.17) is 0 Å². The minimum absolute atomic E-state index is 0.0963. The maximum Gasteiger partial charge on any atom is 0.443 e. The van der Waals surface area contributed by atoms with Crippen LogP contribution in [-0.2, 0) is 11.8 Å². The van der Waals surface area contributed by atoms with Crippen molar-refractivity contribution in [3.8, 4) is 0 Å². The fraction of sp³-hybridized carbons (Fsp3) is 0.700. The Bertz CT molecular complexity index is 386. The van der Waals surface area contributed by atoms with Crippen LogP contribution in [-0.4, -0.2) is 10.1 Å². The smallest absolute Gasteiger partial charge is 0.384 e. The van der Waals surface area contributed by atoms with Crippen LogP contribution in [0.3, 0.4) is 0 Å². The highest BCUT2D eigenvalue weighted by molar-refractivity contribution is 7.11. The largest absolute Gasteiger partial charge is 0.443 e. The van der Waals surface area contributed by atoms with Crippen LogP contribution in [0, 0.1) is 5.92 Å². The monoisotopic (exact) mass is 251 g/mol. The quantitative estimate of drug-likeness (QED) is 0.895. The molecule has 0 saturated heterocycles. The van der Waals surface area contributed by atoms with E-state index in [9.17, 15) is 18.3 Å². The van der Waals surface area contributed by atoms with Gasteiger partial charge < -0.3 is 5.11 Å². The second-order valence-corrected chi connectivity index (χ2v) is 5.11. The standard InChI is InChI=1S/C10H12F3NOS/c1-2-9(15,6-3-4-6)7-5-14-8(16-7)10(11,12)13/h5-6,15H,2-4H2,1H3. The highest BCUT2D eigenvalue weighted by Crippen LogP contribution is 2.49. The van der Waals surface area contributed by atoms with Crippen molar-refractivity contribution >= 4 is 11.3 Å². The lowest BCUT2D eigenvalue weighted by Crippen LogP contribution is -2.25. The molecule has 0 bridgehead atoms. The highest BCUT2D eigenvalue weighted by Gasteiger charge is 2.46. The molecule has 1 aliphatic carbocycles. The lowest BCUT2D eigenvalue weighted by Gasteiger charge is -2.24. The van der Waals surface area contributed by atoms with E-state index in [1.54, 1.807) is 6.92 Å². The molecule has 0 radical (unpaired) electrons. The molecule has 2 nitrogen and oxygen atoms in total. The third-order valence-corrected chi connectivity index (χ3v) is 4.18. The molecule has 1 N–H and O–H groups in total. The number of nitrogens with zero attached hydrogens (tertiary/aromatic N) is 1. The zero-order chi connectivity index (χ0) is 12.0. The summed E-state index contributed by atoms with van der Waals surface area (Å²) in [5.41, 5.74) is -1.11. The van der Waals surface area contributed by atoms with Crippen molar-refractivity contribution < 1.29 is 18.3 Å². The molecule has 2 rings (SSSR count). The Morgan fingerprint density at radius 1 is 1.50 bits per heavy atom. The first-order valence-corrected chi connectivity index (χ1v) is 5.95. The van der Waals surface area contributed by atoms with E-state index in [0.717, 1.165) is 19.0 Å². The van der Waals surface area contributed by atoms with Crippen LogP contribution in [0.4, 0.5) is 13.2 Å². The Labute approximate surface area is 95.1 Å². The molecule has 0 aromatic carbocycles. The molecule has 1 aliphatic rings. The number of hydrogen-bond donors (Lipinski definition) is 1. The van der Waals surface area contributed by atoms with Crippen LogP contribution in [0.15, 0.2) is 6.20 Å². The summed E-state index contributed by atoms with van der Waals surface area (Å²) in [5.74, 6) is 0.0963. The van der Waals surface area contributed by atoms with Gasteiger partial charge in [-0.25, -0.2) is 4.98 Å². The molecule has 1 saturated carbocycles. The van der Waals surface area contributed by atoms with Crippen LogP contribution in [0.25, 0.3) is 0 Å². The summed E-state index contributed by atoms with van der Waals surface area (Å²) >= 11 is 0.554. The molecule has 0 amide bonds. The van der Waals surface area contributed by atoms with Gasteiger partial charge in [0.25, 0.3) is 0 Å². The summed E-state index contributed by atoms with van der Waals surface area (Å²) < 4.78 is 37.1. The minimum Gasteiger partial charge on any atom is -0.384 e. The Morgan fingerprint density at radius 3 is 2.50 bits per heavy atom. The Balaban J connectivity index is 2.30. The number of rotatable bonds is 3. The molecule has 1 unspecified atom stereocenters. The zero-order valence-electron chi connectivity index (χ0n) is 8.71. The van der Waals surface area contributed by atoms with Gasteiger partial charge in [-0.15, -0.1) is 11.3 Å². The molecular weight excluding hydrogens is 239 g/mol. The van der Waals surface area contributed by atoms with Gasteiger partial charge in [-0.2, -0.15) is 13.2 Å². The number of thiazole rings is 1. The van der Waals surface area contributed by atoms with Crippen molar-refractivity contribution in [2.75, 3.05) is 0 Å². The Hall–Kier alpha value is -0.620. The predicted octanol–water partition coefficient (Wildman–Crippen LogP) is 3.17. The van der Waals surface area contributed by atoms with E-state index in [1.165, 1.54) is 0 Å². The molecule has 1 heterocycles. The van der Waals surface area contributed by atoms with Gasteiger partial charge in [0.2, 0.25) is 0 Å². The van der Waals surface area contributed by atoms with Gasteiger partial charge in [-0.05, 0) is 25.2 Å². The van der Waals surface area contributed by atoms with Gasteiger partial charge in [-0.1, -0.05) is 6.92 Å². The van der Waals surface area contributed by atoms with Crippen LogP contribution >= 0.6 is 11.3 Å². The van der Waals surface area contributed by atoms with Crippen molar-refractivity contribution in [1.29, 1.82) is 0 Å². The number of alkyl halides is 3. The van der Waals surface area contributed by atoms with E-state index in [-0.39, 0.29) is 5.92 Å². The fourth-order valence-corrected chi connectivity index (χ4v) is 2.85. The number of hydrogen-bond acceptors (Lipinski definition) is 3. The first-order valence-electron chi connectivity index (χ1n) is 5.14. The molecule has 1 atom stereocenters. The second kappa shape index (κ2) is 3.70. The van der Waals surface area contributed by atoms with E-state index in [2.05, 4.69) is 4.98 Å². The van der Waals surface area contributed by atoms with E-state index in [1.807, 2.05) is 0 Å². The summed E-state index contributed by atoms with van der Waals surface area (Å²) in [6.45, 7) is 1.78. The van der Waals surface area contributed by atoms with Gasteiger partial charge in [0.15, 0.2) is 5.01 Å². The van der Waals surface area contributed by atoms with Crippen molar-refractivity contribution in [3.63, 3.8) is 0 Å². The first kappa shape index (κ1) is 11.9. The zero-order valence-corrected chi connectivity index (χ0v) is 9.53. The van der Waals surface area contributed by atoms with Crippen molar-refractivity contribution in [1.82, 2.24) is 4.98 Å². The molecule has 16 heavy (non-hydrogen) atoms. The van der Waals surface area contributed by atoms with E-state index >= 15 is 0 Å². The van der Waals surface area contributed by atoms with E-state index in [0.29, 0.717) is 22.6 Å². The normalized spacial score (nSPS) is 20.8. The fourth-order valence-electron chi connectivity index (χ4n) is 1.83. The number of halogens is 3. The molecule has 1 aromatic rings. The van der Waals surface area contributed by atoms with Gasteiger partial charge >= 0.3 is 6.18 Å². The van der Waals surface area contributed by atoms with Gasteiger partial charge in [0.05, 0.1) is 4.88 Å². The predicted molar refractivity (Wildman–Crippen MR) is 54.0 cm³/mol. The number of aliphatic hydroxyl groups is 1. The molecule has 0 aliphatic heterocycles. The summed E-state index contributed by atoms with van der Waals surface area (Å²) in [7, 11) is 0. The Kier molecular flexibility index (Phi) is 2.74. The van der Waals surface area contributed by atoms with Crippen LogP contribution in [0.2, 0.25) is 0 Å². The first-order chi connectivity index (χ1) is 7.38. The summed E-state index contributed by atoms with van der Waals surface area (Å²) in [6.07, 6.45) is -1.07. The summed E-state index contributed by atoms with van der Waals surface area (Å²) in [4.78, 5) is 3.68. The second-order valence-electron chi connectivity index (χ2n) is 4.08. The van der Waals surface area contributed by atoms with Crippen molar-refractivity contribution in [2.45, 2.75) is 38.0 Å². The topological polar surface area (TPSA) is 33.1 Å². The number of aromatic nitrogens is 1. The molecule has 0 spiro atoms. The van der Waals surface area contributed by atoms with Gasteiger partial charge in [0, 0.05) is 6.20 Å². The maximum absolute atomic E-state index is 12.4. The van der Waals surface area contributed by atoms with Crippen molar-refractivity contribution in [2.24, 2.45) is 5.92 Å².